The van der Waals surface area contributed by atoms with Crippen molar-refractivity contribution in [2.45, 2.75) is 0 Å². The fraction of sp³-hybridized carbons (Fsp3) is 0. The molecule has 0 saturated carbocycles. The topological polar surface area (TPSA) is 32.6 Å². The molecule has 0 amide bonds. The first-order chi connectivity index (χ1) is 31.2. The van der Waals surface area contributed by atoms with Crippen LogP contribution in [0.5, 0.6) is 0 Å². The number of nitrogens with zero attached hydrogens (tertiary/aromatic N) is 2. The highest BCUT2D eigenvalue weighted by Gasteiger charge is 2.23. The maximum absolute atomic E-state index is 5.69. The van der Waals surface area contributed by atoms with Crippen molar-refractivity contribution in [2.75, 3.05) is 0 Å². The summed E-state index contributed by atoms with van der Waals surface area (Å²) in [5.41, 5.74) is 12.2. The summed E-state index contributed by atoms with van der Waals surface area (Å²) >= 11 is 0. The number of hydrogen-bond acceptors (Lipinski definition) is 1. The Balaban J connectivity index is 1.10. The van der Waals surface area contributed by atoms with Crippen LogP contribution in [0.15, 0.2) is 224 Å². The summed E-state index contributed by atoms with van der Waals surface area (Å²) in [4.78, 5) is 9.45. The molecular formula is C60H38N3+. The van der Waals surface area contributed by atoms with Gasteiger partial charge in [0.05, 0.1) is 16.8 Å². The van der Waals surface area contributed by atoms with Crippen molar-refractivity contribution >= 4 is 75.8 Å². The zero-order valence-corrected chi connectivity index (χ0v) is 34.3. The Bertz CT molecular complexity index is 3960. The summed E-state index contributed by atoms with van der Waals surface area (Å²) in [6.45, 7) is 0. The second-order valence-electron chi connectivity index (χ2n) is 16.5. The van der Waals surface area contributed by atoms with Gasteiger partial charge in [-0.2, -0.15) is 4.57 Å². The Morgan fingerprint density at radius 3 is 1.51 bits per heavy atom. The molecule has 0 fully saturated rings. The van der Waals surface area contributed by atoms with Gasteiger partial charge >= 0.3 is 0 Å². The lowest BCUT2D eigenvalue weighted by Gasteiger charge is -2.18. The van der Waals surface area contributed by atoms with Gasteiger partial charge in [0.2, 0.25) is 0 Å². The summed E-state index contributed by atoms with van der Waals surface area (Å²) < 4.78 is 2.32. The Hall–Kier alpha value is -8.40. The molecule has 0 saturated heterocycles. The third-order valence-corrected chi connectivity index (χ3v) is 13.0. The van der Waals surface area contributed by atoms with Gasteiger partial charge in [0.15, 0.2) is 11.0 Å². The molecule has 0 spiro atoms. The zero-order chi connectivity index (χ0) is 41.4. The summed E-state index contributed by atoms with van der Waals surface area (Å²) in [5.74, 6) is 1.04. The van der Waals surface area contributed by atoms with Crippen LogP contribution in [0.1, 0.15) is 0 Å². The van der Waals surface area contributed by atoms with E-state index in [4.69, 9.17) is 4.98 Å². The van der Waals surface area contributed by atoms with Gasteiger partial charge in [0, 0.05) is 16.3 Å². The average Bonchev–Trinajstić information content (AvgIpc) is 3.75. The van der Waals surface area contributed by atoms with Crippen molar-refractivity contribution in [3.05, 3.63) is 224 Å². The van der Waals surface area contributed by atoms with Crippen LogP contribution in [0.25, 0.3) is 126 Å². The van der Waals surface area contributed by atoms with Crippen molar-refractivity contribution in [2.24, 2.45) is 0 Å². The minimum Gasteiger partial charge on any atom is -0.247 e. The second kappa shape index (κ2) is 14.1. The molecule has 3 heteroatoms. The van der Waals surface area contributed by atoms with Gasteiger partial charge in [-0.05, 0) is 131 Å². The van der Waals surface area contributed by atoms with Crippen LogP contribution in [0.4, 0.5) is 0 Å². The number of fused-ring (bicyclic) bond motifs is 10. The van der Waals surface area contributed by atoms with E-state index >= 15 is 0 Å². The largest absolute Gasteiger partial charge is 0.292 e. The van der Waals surface area contributed by atoms with Gasteiger partial charge in [-0.25, -0.2) is 9.97 Å². The van der Waals surface area contributed by atoms with E-state index in [2.05, 4.69) is 234 Å². The maximum Gasteiger partial charge on any atom is 0.292 e. The molecule has 2 heterocycles. The number of hydrogen-bond donors (Lipinski definition) is 1. The molecule has 13 aromatic rings. The molecule has 0 unspecified atom stereocenters. The SMILES string of the molecule is c1ccc(-[n+]2c(-c3ccc(-c4cc(-c5cc6ccccc6c6ccccc56)nc5c4cc(-c4cc6ccccc6c6ccccc46)c4ccccc45)cc3)[nH]c3ccccc32)cc1. The van der Waals surface area contributed by atoms with E-state index in [0.717, 1.165) is 66.8 Å². The van der Waals surface area contributed by atoms with Gasteiger partial charge in [-0.3, -0.25) is 0 Å². The standard InChI is InChI=1S/C60H37N3/c1-2-18-42(19-3-1)63-58-29-15-14-28-56(58)62-60(63)39-32-30-38(31-33-39)51-37-57(54-35-41-17-5-7-21-44(41)46-23-9-11-25-48(46)54)61-59-50-27-13-12-26-49(50)53(36-55(51)59)52-34-40-16-4-6-20-43(40)45-22-8-10-24-47(45)52/h1-37H/p+1. The second-order valence-corrected chi connectivity index (χ2v) is 16.5. The van der Waals surface area contributed by atoms with Crippen LogP contribution in [-0.2, 0) is 0 Å². The molecular weight excluding hydrogens is 763 g/mol. The Kier molecular flexibility index (Phi) is 7.91. The molecule has 0 aliphatic rings. The fourth-order valence-electron chi connectivity index (χ4n) is 10.1. The fourth-order valence-corrected chi connectivity index (χ4v) is 10.1. The predicted molar refractivity (Wildman–Crippen MR) is 264 cm³/mol. The summed E-state index contributed by atoms with van der Waals surface area (Å²) in [5, 5.41) is 13.3. The number of benzene rings is 11. The summed E-state index contributed by atoms with van der Waals surface area (Å²) in [7, 11) is 0. The Labute approximate surface area is 363 Å². The minimum absolute atomic E-state index is 0.954. The Morgan fingerprint density at radius 1 is 0.333 bits per heavy atom. The summed E-state index contributed by atoms with van der Waals surface area (Å²) in [6.07, 6.45) is 0. The average molecular weight is 801 g/mol. The van der Waals surface area contributed by atoms with E-state index in [-0.39, 0.29) is 0 Å². The number of H-pyrrole nitrogens is 1. The van der Waals surface area contributed by atoms with Gasteiger partial charge in [0.1, 0.15) is 5.69 Å². The normalized spacial score (nSPS) is 11.8. The van der Waals surface area contributed by atoms with Crippen molar-refractivity contribution in [3.8, 4) is 50.6 Å². The van der Waals surface area contributed by atoms with Gasteiger partial charge in [-0.15, -0.1) is 0 Å². The van der Waals surface area contributed by atoms with E-state index in [9.17, 15) is 0 Å². The van der Waals surface area contributed by atoms with Crippen LogP contribution >= 0.6 is 0 Å². The lowest BCUT2D eigenvalue weighted by Crippen LogP contribution is -2.31. The van der Waals surface area contributed by atoms with E-state index in [1.807, 2.05) is 0 Å². The highest BCUT2D eigenvalue weighted by molar-refractivity contribution is 6.22. The minimum atomic E-state index is 0.954. The molecule has 0 radical (unpaired) electrons. The highest BCUT2D eigenvalue weighted by atomic mass is 15.1. The monoisotopic (exact) mass is 800 g/mol. The smallest absolute Gasteiger partial charge is 0.247 e. The number of nitrogens with one attached hydrogen (secondary N) is 1. The van der Waals surface area contributed by atoms with Crippen LogP contribution in [-0.4, -0.2) is 9.97 Å². The lowest BCUT2D eigenvalue weighted by atomic mass is 9.87. The lowest BCUT2D eigenvalue weighted by molar-refractivity contribution is -0.554. The first-order valence-electron chi connectivity index (χ1n) is 21.6. The third-order valence-electron chi connectivity index (χ3n) is 13.0. The van der Waals surface area contributed by atoms with Crippen LogP contribution in [0.3, 0.4) is 0 Å². The maximum atomic E-state index is 5.69. The first kappa shape index (κ1) is 35.4. The molecule has 3 nitrogen and oxygen atoms in total. The van der Waals surface area contributed by atoms with Crippen molar-refractivity contribution in [3.63, 3.8) is 0 Å². The number of rotatable bonds is 5. The molecule has 11 aromatic carbocycles. The molecule has 0 atom stereocenters. The van der Waals surface area contributed by atoms with Gasteiger partial charge in [0.25, 0.3) is 5.82 Å². The first-order valence-corrected chi connectivity index (χ1v) is 21.6. The molecule has 0 aliphatic carbocycles. The predicted octanol–water partition coefficient (Wildman–Crippen LogP) is 15.4. The molecule has 63 heavy (non-hydrogen) atoms. The molecule has 2 aromatic heterocycles. The number of aromatic nitrogens is 3. The molecule has 1 N–H and O–H groups in total. The van der Waals surface area contributed by atoms with E-state index in [1.165, 1.54) is 59.6 Å². The van der Waals surface area contributed by atoms with E-state index < -0.39 is 0 Å². The molecule has 292 valence electrons. The van der Waals surface area contributed by atoms with E-state index in [0.29, 0.717) is 0 Å². The van der Waals surface area contributed by atoms with Crippen LogP contribution < -0.4 is 4.57 Å². The quantitative estimate of drug-likeness (QED) is 0.136. The van der Waals surface area contributed by atoms with Crippen LogP contribution in [0.2, 0.25) is 0 Å². The number of imidazole rings is 1. The van der Waals surface area contributed by atoms with E-state index in [1.54, 1.807) is 0 Å². The Morgan fingerprint density at radius 2 is 0.825 bits per heavy atom. The number of pyridine rings is 1. The van der Waals surface area contributed by atoms with Gasteiger partial charge in [-0.1, -0.05) is 164 Å². The third kappa shape index (κ3) is 5.60. The number of aromatic amines is 1. The van der Waals surface area contributed by atoms with Gasteiger partial charge < -0.3 is 0 Å². The number of para-hydroxylation sites is 3. The van der Waals surface area contributed by atoms with Crippen molar-refractivity contribution in [1.82, 2.24) is 9.97 Å². The molecule has 0 bridgehead atoms. The van der Waals surface area contributed by atoms with Crippen molar-refractivity contribution < 1.29 is 4.57 Å². The summed E-state index contributed by atoms with van der Waals surface area (Å²) in [6, 6.07) is 81.5. The van der Waals surface area contributed by atoms with Crippen LogP contribution in [0, 0.1) is 0 Å². The molecule has 0 aliphatic heterocycles. The highest BCUT2D eigenvalue weighted by Crippen LogP contribution is 2.45. The molecule has 13 rings (SSSR count). The zero-order valence-electron chi connectivity index (χ0n) is 34.3. The van der Waals surface area contributed by atoms with Crippen molar-refractivity contribution in [1.29, 1.82) is 0 Å².